The van der Waals surface area contributed by atoms with Gasteiger partial charge in [-0.15, -0.1) is 0 Å². The number of sulfone groups is 1. The topological polar surface area (TPSA) is 97.4 Å². The number of nitrogens with one attached hydrogen (secondary N) is 1. The number of hydrogen-bond acceptors (Lipinski definition) is 5. The third-order valence-corrected chi connectivity index (χ3v) is 6.70. The Bertz CT molecular complexity index is 721. The maximum absolute atomic E-state index is 12.2. The van der Waals surface area contributed by atoms with Crippen LogP contribution in [-0.2, 0) is 19.9 Å². The first kappa shape index (κ1) is 16.1. The van der Waals surface area contributed by atoms with E-state index in [-0.39, 0.29) is 41.1 Å². The zero-order valence-corrected chi connectivity index (χ0v) is 13.2. The minimum atomic E-state index is -3.70. The molecule has 2 rings (SSSR count). The summed E-state index contributed by atoms with van der Waals surface area (Å²) < 4.78 is 49.6. The second-order valence-electron chi connectivity index (χ2n) is 5.13. The standard InChI is InChI=1S/C13H17NO5S2/c1-10(15)11-2-4-13(5-3-11)21(18,19)14-12-6-8-20(16,17)9-7-12/h2-5,12,14H,6-9H2,1H3. The molecule has 1 fully saturated rings. The van der Waals surface area contributed by atoms with E-state index >= 15 is 0 Å². The van der Waals surface area contributed by atoms with E-state index in [0.29, 0.717) is 5.56 Å². The molecule has 21 heavy (non-hydrogen) atoms. The van der Waals surface area contributed by atoms with Gasteiger partial charge in [0.2, 0.25) is 10.0 Å². The molecule has 0 amide bonds. The van der Waals surface area contributed by atoms with E-state index < -0.39 is 19.9 Å². The first-order valence-corrected chi connectivity index (χ1v) is 9.84. The summed E-state index contributed by atoms with van der Waals surface area (Å²) in [5, 5.41) is 0. The van der Waals surface area contributed by atoms with Crippen LogP contribution in [0.1, 0.15) is 30.1 Å². The van der Waals surface area contributed by atoms with Crippen molar-refractivity contribution in [3.8, 4) is 0 Å². The zero-order chi connectivity index (χ0) is 15.7. The van der Waals surface area contributed by atoms with Crippen molar-refractivity contribution in [2.45, 2.75) is 30.7 Å². The predicted molar refractivity (Wildman–Crippen MR) is 78.4 cm³/mol. The summed E-state index contributed by atoms with van der Waals surface area (Å²) >= 11 is 0. The van der Waals surface area contributed by atoms with Crippen molar-refractivity contribution in [1.82, 2.24) is 4.72 Å². The van der Waals surface area contributed by atoms with Crippen LogP contribution in [0.3, 0.4) is 0 Å². The average molecular weight is 331 g/mol. The van der Waals surface area contributed by atoms with Crippen molar-refractivity contribution in [3.05, 3.63) is 29.8 Å². The Balaban J connectivity index is 2.10. The van der Waals surface area contributed by atoms with Crippen molar-refractivity contribution in [3.63, 3.8) is 0 Å². The van der Waals surface area contributed by atoms with Crippen LogP contribution in [0.5, 0.6) is 0 Å². The fourth-order valence-electron chi connectivity index (χ4n) is 2.16. The Hall–Kier alpha value is -1.25. The van der Waals surface area contributed by atoms with Crippen molar-refractivity contribution in [2.75, 3.05) is 11.5 Å². The summed E-state index contributed by atoms with van der Waals surface area (Å²) in [4.78, 5) is 11.2. The summed E-state index contributed by atoms with van der Waals surface area (Å²) in [5.74, 6) is -0.128. The van der Waals surface area contributed by atoms with Gasteiger partial charge in [0.1, 0.15) is 9.84 Å². The van der Waals surface area contributed by atoms with Gasteiger partial charge in [-0.3, -0.25) is 4.79 Å². The number of carbonyl (C=O) groups is 1. The summed E-state index contributed by atoms with van der Waals surface area (Å²) in [7, 11) is -6.72. The first-order valence-electron chi connectivity index (χ1n) is 6.53. The SMILES string of the molecule is CC(=O)c1ccc(S(=O)(=O)NC2CCS(=O)(=O)CC2)cc1. The number of rotatable bonds is 4. The molecule has 1 aliphatic rings. The maximum Gasteiger partial charge on any atom is 0.240 e. The Labute approximate surface area is 124 Å². The lowest BCUT2D eigenvalue weighted by Crippen LogP contribution is -2.40. The Morgan fingerprint density at radius 3 is 2.14 bits per heavy atom. The minimum Gasteiger partial charge on any atom is -0.295 e. The lowest BCUT2D eigenvalue weighted by atomic mass is 10.2. The van der Waals surface area contributed by atoms with Crippen LogP contribution in [-0.4, -0.2) is 40.2 Å². The van der Waals surface area contributed by atoms with Crippen LogP contribution in [0.2, 0.25) is 0 Å². The normalized spacial score (nSPS) is 19.3. The second-order valence-corrected chi connectivity index (χ2v) is 9.15. The zero-order valence-electron chi connectivity index (χ0n) is 11.6. The monoisotopic (exact) mass is 331 g/mol. The maximum atomic E-state index is 12.2. The van der Waals surface area contributed by atoms with E-state index in [1.165, 1.54) is 31.2 Å². The Morgan fingerprint density at radius 1 is 1.14 bits per heavy atom. The molecule has 8 heteroatoms. The lowest BCUT2D eigenvalue weighted by Gasteiger charge is -2.22. The fraction of sp³-hybridized carbons (Fsp3) is 0.462. The molecule has 0 saturated carbocycles. The van der Waals surface area contributed by atoms with Crippen molar-refractivity contribution < 1.29 is 21.6 Å². The van der Waals surface area contributed by atoms with Crippen LogP contribution in [0.4, 0.5) is 0 Å². The van der Waals surface area contributed by atoms with Gasteiger partial charge in [0.05, 0.1) is 16.4 Å². The van der Waals surface area contributed by atoms with Gasteiger partial charge < -0.3 is 0 Å². The molecule has 0 aliphatic carbocycles. The summed E-state index contributed by atoms with van der Waals surface area (Å²) in [6, 6.07) is 5.30. The van der Waals surface area contributed by atoms with Gasteiger partial charge >= 0.3 is 0 Å². The predicted octanol–water partition coefficient (Wildman–Crippen LogP) is 0.745. The van der Waals surface area contributed by atoms with Crippen molar-refractivity contribution in [2.24, 2.45) is 0 Å². The van der Waals surface area contributed by atoms with Crippen LogP contribution in [0.15, 0.2) is 29.2 Å². The van der Waals surface area contributed by atoms with E-state index in [1.54, 1.807) is 0 Å². The third kappa shape index (κ3) is 4.12. The number of Topliss-reactive ketones (excluding diaryl/α,β-unsaturated/α-hetero) is 1. The van der Waals surface area contributed by atoms with Gasteiger partial charge in [-0.1, -0.05) is 12.1 Å². The largest absolute Gasteiger partial charge is 0.295 e. The molecule has 116 valence electrons. The van der Waals surface area contributed by atoms with Gasteiger partial charge in [0, 0.05) is 11.6 Å². The Morgan fingerprint density at radius 2 is 1.67 bits per heavy atom. The van der Waals surface area contributed by atoms with Crippen molar-refractivity contribution in [1.29, 1.82) is 0 Å². The molecule has 0 atom stereocenters. The average Bonchev–Trinajstić information content (AvgIpc) is 2.41. The third-order valence-electron chi connectivity index (χ3n) is 3.45. The highest BCUT2D eigenvalue weighted by atomic mass is 32.2. The van der Waals surface area contributed by atoms with E-state index in [9.17, 15) is 21.6 Å². The molecule has 0 unspecified atom stereocenters. The van der Waals surface area contributed by atoms with Crippen LogP contribution >= 0.6 is 0 Å². The second kappa shape index (κ2) is 5.86. The highest BCUT2D eigenvalue weighted by Gasteiger charge is 2.27. The molecule has 0 radical (unpaired) electrons. The highest BCUT2D eigenvalue weighted by molar-refractivity contribution is 7.91. The number of sulfonamides is 1. The van der Waals surface area contributed by atoms with E-state index in [0.717, 1.165) is 0 Å². The summed E-state index contributed by atoms with van der Waals surface area (Å²) in [6.07, 6.45) is 0.570. The lowest BCUT2D eigenvalue weighted by molar-refractivity contribution is 0.101. The summed E-state index contributed by atoms with van der Waals surface area (Å²) in [5.41, 5.74) is 0.442. The van der Waals surface area contributed by atoms with Gasteiger partial charge in [0.15, 0.2) is 5.78 Å². The molecule has 1 aromatic carbocycles. The molecular formula is C13H17NO5S2. The molecule has 0 bridgehead atoms. The number of carbonyl (C=O) groups excluding carboxylic acids is 1. The quantitative estimate of drug-likeness (QED) is 0.821. The molecule has 1 aromatic rings. The Kier molecular flexibility index (Phi) is 4.50. The number of hydrogen-bond donors (Lipinski definition) is 1. The minimum absolute atomic E-state index is 0.00343. The van der Waals surface area contributed by atoms with Crippen LogP contribution in [0.25, 0.3) is 0 Å². The van der Waals surface area contributed by atoms with E-state index in [4.69, 9.17) is 0 Å². The fourth-order valence-corrected chi connectivity index (χ4v) is 4.96. The first-order chi connectivity index (χ1) is 9.70. The summed E-state index contributed by atoms with van der Waals surface area (Å²) in [6.45, 7) is 1.41. The highest BCUT2D eigenvalue weighted by Crippen LogP contribution is 2.16. The number of benzene rings is 1. The number of ketones is 1. The van der Waals surface area contributed by atoms with Gasteiger partial charge in [-0.25, -0.2) is 21.6 Å². The van der Waals surface area contributed by atoms with Crippen LogP contribution in [0, 0.1) is 0 Å². The van der Waals surface area contributed by atoms with Crippen LogP contribution < -0.4 is 4.72 Å². The molecular weight excluding hydrogens is 314 g/mol. The molecule has 1 aliphatic heterocycles. The molecule has 0 spiro atoms. The molecule has 1 saturated heterocycles. The van der Waals surface area contributed by atoms with E-state index in [1.807, 2.05) is 0 Å². The van der Waals surface area contributed by atoms with E-state index in [2.05, 4.69) is 4.72 Å². The smallest absolute Gasteiger partial charge is 0.240 e. The van der Waals surface area contributed by atoms with Crippen molar-refractivity contribution >= 4 is 25.6 Å². The molecule has 6 nitrogen and oxygen atoms in total. The molecule has 1 N–H and O–H groups in total. The molecule has 1 heterocycles. The molecule has 0 aromatic heterocycles. The van der Waals surface area contributed by atoms with Gasteiger partial charge in [0.25, 0.3) is 0 Å². The van der Waals surface area contributed by atoms with Gasteiger partial charge in [-0.2, -0.15) is 0 Å². The van der Waals surface area contributed by atoms with Gasteiger partial charge in [-0.05, 0) is 31.9 Å².